The first-order valence-corrected chi connectivity index (χ1v) is 4.87. The Morgan fingerprint density at radius 2 is 2.23 bits per heavy atom. The first-order valence-electron chi connectivity index (χ1n) is 4.24. The lowest BCUT2D eigenvalue weighted by Gasteiger charge is -2.07. The molecule has 0 aromatic heterocycles. The molecule has 1 aromatic carbocycles. The molecular weight excluding hydrogens is 187 g/mol. The third-order valence-corrected chi connectivity index (χ3v) is 2.01. The van der Waals surface area contributed by atoms with Crippen LogP contribution in [0.4, 0.5) is 4.39 Å². The highest BCUT2D eigenvalue weighted by molar-refractivity contribution is 7.80. The highest BCUT2D eigenvalue weighted by Gasteiger charge is 1.99. The molecule has 0 spiro atoms. The van der Waals surface area contributed by atoms with Gasteiger partial charge < -0.3 is 4.74 Å². The Labute approximate surface area is 83.3 Å². The molecule has 3 heteroatoms. The van der Waals surface area contributed by atoms with Gasteiger partial charge in [0.05, 0.1) is 6.61 Å². The van der Waals surface area contributed by atoms with Crippen molar-refractivity contribution < 1.29 is 9.13 Å². The van der Waals surface area contributed by atoms with E-state index in [1.165, 1.54) is 12.1 Å². The zero-order valence-corrected chi connectivity index (χ0v) is 8.48. The van der Waals surface area contributed by atoms with Crippen LogP contribution < -0.4 is 4.74 Å². The predicted octanol–water partition coefficient (Wildman–Crippen LogP) is 2.83. The zero-order valence-electron chi connectivity index (χ0n) is 7.59. The summed E-state index contributed by atoms with van der Waals surface area (Å²) >= 11 is 4.07. The third kappa shape index (κ3) is 3.27. The molecule has 0 heterocycles. The molecule has 0 unspecified atom stereocenters. The van der Waals surface area contributed by atoms with Crippen LogP contribution in [0.15, 0.2) is 18.2 Å². The fourth-order valence-electron chi connectivity index (χ4n) is 1.02. The quantitative estimate of drug-likeness (QED) is 0.581. The molecule has 1 aromatic rings. The lowest BCUT2D eigenvalue weighted by Crippen LogP contribution is -1.99. The zero-order chi connectivity index (χ0) is 9.68. The van der Waals surface area contributed by atoms with E-state index in [1.807, 2.05) is 6.92 Å². The molecule has 0 saturated heterocycles. The molecule has 1 rings (SSSR count). The molecular formula is C10H13FOS. The SMILES string of the molecule is Cc1cc(F)ccc1OCCCS. The normalized spacial score (nSPS) is 10.1. The van der Waals surface area contributed by atoms with Crippen molar-refractivity contribution >= 4 is 12.6 Å². The Morgan fingerprint density at radius 1 is 1.46 bits per heavy atom. The van der Waals surface area contributed by atoms with E-state index < -0.39 is 0 Å². The van der Waals surface area contributed by atoms with E-state index in [0.29, 0.717) is 6.61 Å². The molecule has 72 valence electrons. The summed E-state index contributed by atoms with van der Waals surface area (Å²) < 4.78 is 18.1. The largest absolute Gasteiger partial charge is 0.493 e. The summed E-state index contributed by atoms with van der Waals surface area (Å²) in [6, 6.07) is 4.53. The molecule has 0 aliphatic heterocycles. The van der Waals surface area contributed by atoms with E-state index >= 15 is 0 Å². The number of hydrogen-bond donors (Lipinski definition) is 1. The highest BCUT2D eigenvalue weighted by Crippen LogP contribution is 2.18. The number of rotatable bonds is 4. The van der Waals surface area contributed by atoms with E-state index in [2.05, 4.69) is 12.6 Å². The summed E-state index contributed by atoms with van der Waals surface area (Å²) in [5.74, 6) is 1.34. The highest BCUT2D eigenvalue weighted by atomic mass is 32.1. The van der Waals surface area contributed by atoms with Gasteiger partial charge in [-0.05, 0) is 42.9 Å². The molecule has 0 amide bonds. The van der Waals surface area contributed by atoms with Gasteiger partial charge in [0.2, 0.25) is 0 Å². The van der Waals surface area contributed by atoms with Crippen LogP contribution in [-0.2, 0) is 0 Å². The maximum atomic E-state index is 12.7. The monoisotopic (exact) mass is 200 g/mol. The number of benzene rings is 1. The first-order chi connectivity index (χ1) is 6.24. The average Bonchev–Trinajstić information content (AvgIpc) is 2.09. The van der Waals surface area contributed by atoms with Crippen molar-refractivity contribution in [2.45, 2.75) is 13.3 Å². The minimum absolute atomic E-state index is 0.223. The summed E-state index contributed by atoms with van der Waals surface area (Å²) in [6.45, 7) is 2.47. The molecule has 0 saturated carbocycles. The van der Waals surface area contributed by atoms with Crippen LogP contribution in [0.2, 0.25) is 0 Å². The third-order valence-electron chi connectivity index (χ3n) is 1.70. The maximum absolute atomic E-state index is 12.7. The molecule has 13 heavy (non-hydrogen) atoms. The van der Waals surface area contributed by atoms with E-state index in [9.17, 15) is 4.39 Å². The Kier molecular flexibility index (Phi) is 4.09. The summed E-state index contributed by atoms with van der Waals surface area (Å²) in [5.41, 5.74) is 0.833. The minimum Gasteiger partial charge on any atom is -0.493 e. The van der Waals surface area contributed by atoms with Gasteiger partial charge in [-0.2, -0.15) is 12.6 Å². The molecule has 0 aliphatic carbocycles. The van der Waals surface area contributed by atoms with Gasteiger partial charge in [-0.25, -0.2) is 4.39 Å². The van der Waals surface area contributed by atoms with E-state index in [0.717, 1.165) is 23.5 Å². The average molecular weight is 200 g/mol. The summed E-state index contributed by atoms with van der Waals surface area (Å²) in [4.78, 5) is 0. The molecule has 0 N–H and O–H groups in total. The number of aryl methyl sites for hydroxylation is 1. The van der Waals surface area contributed by atoms with Crippen LogP contribution in [0.3, 0.4) is 0 Å². The van der Waals surface area contributed by atoms with E-state index in [4.69, 9.17) is 4.74 Å². The Balaban J connectivity index is 2.56. The molecule has 0 radical (unpaired) electrons. The number of hydrogen-bond acceptors (Lipinski definition) is 2. The number of halogens is 1. The maximum Gasteiger partial charge on any atom is 0.123 e. The minimum atomic E-state index is -0.223. The number of ether oxygens (including phenoxy) is 1. The van der Waals surface area contributed by atoms with Crippen molar-refractivity contribution in [3.8, 4) is 5.75 Å². The molecule has 1 nitrogen and oxygen atoms in total. The van der Waals surface area contributed by atoms with Gasteiger partial charge in [0.1, 0.15) is 11.6 Å². The van der Waals surface area contributed by atoms with Crippen LogP contribution in [0, 0.1) is 12.7 Å². The van der Waals surface area contributed by atoms with Crippen molar-refractivity contribution in [1.29, 1.82) is 0 Å². The fraction of sp³-hybridized carbons (Fsp3) is 0.400. The second-order valence-corrected chi connectivity index (χ2v) is 3.28. The summed E-state index contributed by atoms with van der Waals surface area (Å²) in [6.07, 6.45) is 0.903. The molecule has 0 fully saturated rings. The van der Waals surface area contributed by atoms with Gasteiger partial charge in [-0.15, -0.1) is 0 Å². The summed E-state index contributed by atoms with van der Waals surface area (Å²) in [5, 5.41) is 0. The van der Waals surface area contributed by atoms with E-state index in [1.54, 1.807) is 6.07 Å². The van der Waals surface area contributed by atoms with Gasteiger partial charge in [-0.3, -0.25) is 0 Å². The van der Waals surface area contributed by atoms with Crippen LogP contribution in [0.1, 0.15) is 12.0 Å². The second kappa shape index (κ2) is 5.12. The second-order valence-electron chi connectivity index (χ2n) is 2.84. The van der Waals surface area contributed by atoms with Crippen molar-refractivity contribution in [2.75, 3.05) is 12.4 Å². The Hall–Kier alpha value is -0.700. The van der Waals surface area contributed by atoms with Gasteiger partial charge in [0.25, 0.3) is 0 Å². The molecule has 0 aliphatic rings. The van der Waals surface area contributed by atoms with Crippen molar-refractivity contribution in [3.63, 3.8) is 0 Å². The lowest BCUT2D eigenvalue weighted by molar-refractivity contribution is 0.316. The van der Waals surface area contributed by atoms with Crippen LogP contribution in [0.5, 0.6) is 5.75 Å². The molecule has 0 atom stereocenters. The number of thiol groups is 1. The van der Waals surface area contributed by atoms with Crippen LogP contribution in [-0.4, -0.2) is 12.4 Å². The smallest absolute Gasteiger partial charge is 0.123 e. The Morgan fingerprint density at radius 3 is 2.85 bits per heavy atom. The topological polar surface area (TPSA) is 9.23 Å². The van der Waals surface area contributed by atoms with Crippen molar-refractivity contribution in [2.24, 2.45) is 0 Å². The summed E-state index contributed by atoms with van der Waals surface area (Å²) in [7, 11) is 0. The van der Waals surface area contributed by atoms with Crippen molar-refractivity contribution in [1.82, 2.24) is 0 Å². The fourth-order valence-corrected chi connectivity index (χ4v) is 1.15. The standard InChI is InChI=1S/C10H13FOS/c1-8-7-9(11)3-4-10(8)12-5-2-6-13/h3-4,7,13H,2,5-6H2,1H3. The first kappa shape index (κ1) is 10.4. The van der Waals surface area contributed by atoms with E-state index in [-0.39, 0.29) is 5.82 Å². The lowest BCUT2D eigenvalue weighted by atomic mass is 10.2. The predicted molar refractivity (Wildman–Crippen MR) is 55.1 cm³/mol. The van der Waals surface area contributed by atoms with Crippen molar-refractivity contribution in [3.05, 3.63) is 29.6 Å². The van der Waals surface area contributed by atoms with Crippen LogP contribution >= 0.6 is 12.6 Å². The van der Waals surface area contributed by atoms with Gasteiger partial charge in [0.15, 0.2) is 0 Å². The molecule has 0 bridgehead atoms. The van der Waals surface area contributed by atoms with Crippen LogP contribution in [0.25, 0.3) is 0 Å². The Bertz CT molecular complexity index is 276. The van der Waals surface area contributed by atoms with Gasteiger partial charge >= 0.3 is 0 Å². The van der Waals surface area contributed by atoms with Gasteiger partial charge in [0, 0.05) is 0 Å². The van der Waals surface area contributed by atoms with Gasteiger partial charge in [-0.1, -0.05) is 0 Å².